The van der Waals surface area contributed by atoms with E-state index in [4.69, 9.17) is 22.3 Å². The highest BCUT2D eigenvalue weighted by atomic mass is 35.7. The summed E-state index contributed by atoms with van der Waals surface area (Å²) in [5.41, 5.74) is 1.47. The molecule has 0 heterocycles. The zero-order chi connectivity index (χ0) is 12.6. The lowest BCUT2D eigenvalue weighted by Crippen LogP contribution is -2.15. The summed E-state index contributed by atoms with van der Waals surface area (Å²) in [6.07, 6.45) is 0. The Hall–Kier alpha value is -0.250. The predicted octanol–water partition coefficient (Wildman–Crippen LogP) is 3.71. The number of halogens is 2. The van der Waals surface area contributed by atoms with Gasteiger partial charge in [-0.05, 0) is 28.7 Å². The van der Waals surface area contributed by atoms with Crippen molar-refractivity contribution in [2.45, 2.75) is 31.9 Å². The number of rotatable bonds is 2. The zero-order valence-corrected chi connectivity index (χ0v) is 11.7. The normalized spacial score (nSPS) is 12.8. The maximum absolute atomic E-state index is 11.1. The highest BCUT2D eigenvalue weighted by Gasteiger charge is 2.20. The first-order valence-corrected chi connectivity index (χ1v) is 7.66. The van der Waals surface area contributed by atoms with E-state index < -0.39 is 9.05 Å². The number of hydrogen-bond donors (Lipinski definition) is 0. The molecule has 0 aromatic heterocycles. The first kappa shape index (κ1) is 13.8. The van der Waals surface area contributed by atoms with Crippen molar-refractivity contribution in [2.24, 2.45) is 0 Å². The standard InChI is InChI=1S/C11H14Cl2O2S/c1-11(2,3)10-5-4-9(12)6-8(10)7-16(13,14)15/h4-6H,7H2,1-3H3. The Morgan fingerprint density at radius 1 is 1.25 bits per heavy atom. The lowest BCUT2D eigenvalue weighted by atomic mass is 9.84. The van der Waals surface area contributed by atoms with Crippen LogP contribution in [0.2, 0.25) is 5.02 Å². The molecule has 0 amide bonds. The molecule has 2 nitrogen and oxygen atoms in total. The third-order valence-electron chi connectivity index (χ3n) is 2.20. The Morgan fingerprint density at radius 3 is 2.25 bits per heavy atom. The smallest absolute Gasteiger partial charge is 0.212 e. The van der Waals surface area contributed by atoms with Gasteiger partial charge in [-0.25, -0.2) is 8.42 Å². The molecule has 90 valence electrons. The molecule has 16 heavy (non-hydrogen) atoms. The summed E-state index contributed by atoms with van der Waals surface area (Å²) >= 11 is 5.86. The topological polar surface area (TPSA) is 34.1 Å². The summed E-state index contributed by atoms with van der Waals surface area (Å²) in [4.78, 5) is 0. The quantitative estimate of drug-likeness (QED) is 0.774. The van der Waals surface area contributed by atoms with E-state index in [0.717, 1.165) is 5.56 Å². The molecule has 0 saturated heterocycles. The molecule has 0 fully saturated rings. The summed E-state index contributed by atoms with van der Waals surface area (Å²) in [6, 6.07) is 5.26. The molecular weight excluding hydrogens is 267 g/mol. The van der Waals surface area contributed by atoms with Gasteiger partial charge in [0.25, 0.3) is 0 Å². The second-order valence-electron chi connectivity index (χ2n) is 4.73. The number of hydrogen-bond acceptors (Lipinski definition) is 2. The van der Waals surface area contributed by atoms with Crippen molar-refractivity contribution in [3.63, 3.8) is 0 Å². The lowest BCUT2D eigenvalue weighted by molar-refractivity contribution is 0.582. The summed E-state index contributed by atoms with van der Waals surface area (Å²) in [7, 11) is 1.71. The molecule has 0 saturated carbocycles. The first-order chi connectivity index (χ1) is 7.09. The third kappa shape index (κ3) is 3.96. The second kappa shape index (κ2) is 4.55. The monoisotopic (exact) mass is 280 g/mol. The van der Waals surface area contributed by atoms with Gasteiger partial charge in [0.2, 0.25) is 9.05 Å². The van der Waals surface area contributed by atoms with Gasteiger partial charge < -0.3 is 0 Å². The van der Waals surface area contributed by atoms with Crippen LogP contribution in [0.15, 0.2) is 18.2 Å². The Morgan fingerprint density at radius 2 is 1.81 bits per heavy atom. The summed E-state index contributed by atoms with van der Waals surface area (Å²) in [6.45, 7) is 6.04. The minimum Gasteiger partial charge on any atom is -0.212 e. The largest absolute Gasteiger partial charge is 0.236 e. The fourth-order valence-electron chi connectivity index (χ4n) is 1.60. The molecule has 0 atom stereocenters. The maximum atomic E-state index is 11.1. The van der Waals surface area contributed by atoms with Crippen molar-refractivity contribution in [2.75, 3.05) is 0 Å². The minimum absolute atomic E-state index is 0.137. The molecular formula is C11H14Cl2O2S. The van der Waals surface area contributed by atoms with Crippen LogP contribution in [0.4, 0.5) is 0 Å². The summed E-state index contributed by atoms with van der Waals surface area (Å²) in [5, 5.41) is 0.517. The van der Waals surface area contributed by atoms with Crippen LogP contribution in [0.3, 0.4) is 0 Å². The highest BCUT2D eigenvalue weighted by Crippen LogP contribution is 2.29. The molecule has 5 heteroatoms. The van der Waals surface area contributed by atoms with E-state index in [1.54, 1.807) is 12.1 Å². The molecule has 0 aliphatic rings. The van der Waals surface area contributed by atoms with Gasteiger partial charge >= 0.3 is 0 Å². The van der Waals surface area contributed by atoms with Crippen molar-refractivity contribution in [3.05, 3.63) is 34.3 Å². The van der Waals surface area contributed by atoms with Crippen LogP contribution in [-0.2, 0) is 20.2 Å². The van der Waals surface area contributed by atoms with Crippen molar-refractivity contribution in [1.29, 1.82) is 0 Å². The van der Waals surface area contributed by atoms with Crippen molar-refractivity contribution in [3.8, 4) is 0 Å². The predicted molar refractivity (Wildman–Crippen MR) is 68.6 cm³/mol. The van der Waals surface area contributed by atoms with Crippen LogP contribution in [0.1, 0.15) is 31.9 Å². The third-order valence-corrected chi connectivity index (χ3v) is 3.42. The van der Waals surface area contributed by atoms with Gasteiger partial charge in [0.15, 0.2) is 0 Å². The van der Waals surface area contributed by atoms with Gasteiger partial charge in [-0.1, -0.05) is 38.4 Å². The van der Waals surface area contributed by atoms with Gasteiger partial charge in [0, 0.05) is 15.7 Å². The fourth-order valence-corrected chi connectivity index (χ4v) is 2.76. The molecule has 0 bridgehead atoms. The van der Waals surface area contributed by atoms with E-state index in [0.29, 0.717) is 10.6 Å². The summed E-state index contributed by atoms with van der Waals surface area (Å²) < 4.78 is 22.2. The Kier molecular flexibility index (Phi) is 3.93. The van der Waals surface area contributed by atoms with Crippen LogP contribution in [0, 0.1) is 0 Å². The van der Waals surface area contributed by atoms with E-state index in [-0.39, 0.29) is 11.2 Å². The van der Waals surface area contributed by atoms with Gasteiger partial charge in [-0.15, -0.1) is 0 Å². The van der Waals surface area contributed by atoms with Crippen LogP contribution < -0.4 is 0 Å². The van der Waals surface area contributed by atoms with E-state index in [2.05, 4.69) is 0 Å². The minimum atomic E-state index is -3.56. The van der Waals surface area contributed by atoms with E-state index in [9.17, 15) is 8.42 Å². The van der Waals surface area contributed by atoms with E-state index in [1.807, 2.05) is 26.8 Å². The van der Waals surface area contributed by atoms with Crippen molar-refractivity contribution in [1.82, 2.24) is 0 Å². The van der Waals surface area contributed by atoms with Crippen LogP contribution in [0.5, 0.6) is 0 Å². The Bertz CT molecular complexity index is 487. The van der Waals surface area contributed by atoms with Gasteiger partial charge in [-0.3, -0.25) is 0 Å². The number of benzene rings is 1. The first-order valence-electron chi connectivity index (χ1n) is 4.81. The average Bonchev–Trinajstić information content (AvgIpc) is 1.97. The average molecular weight is 281 g/mol. The highest BCUT2D eigenvalue weighted by molar-refractivity contribution is 8.13. The van der Waals surface area contributed by atoms with Crippen LogP contribution >= 0.6 is 22.3 Å². The molecule has 0 unspecified atom stereocenters. The SMILES string of the molecule is CC(C)(C)c1ccc(Cl)cc1CS(=O)(=O)Cl. The fraction of sp³-hybridized carbons (Fsp3) is 0.455. The molecule has 0 aliphatic carbocycles. The maximum Gasteiger partial charge on any atom is 0.236 e. The molecule has 1 aromatic carbocycles. The Balaban J connectivity index is 3.30. The molecule has 0 radical (unpaired) electrons. The van der Waals surface area contributed by atoms with Crippen molar-refractivity contribution >= 4 is 31.3 Å². The van der Waals surface area contributed by atoms with Crippen molar-refractivity contribution < 1.29 is 8.42 Å². The molecule has 0 aliphatic heterocycles. The Labute approximate surface area is 106 Å². The van der Waals surface area contributed by atoms with Gasteiger partial charge in [0.05, 0.1) is 5.75 Å². The molecule has 0 spiro atoms. The second-order valence-corrected chi connectivity index (χ2v) is 7.95. The van der Waals surface area contributed by atoms with Gasteiger partial charge in [0.1, 0.15) is 0 Å². The zero-order valence-electron chi connectivity index (χ0n) is 9.42. The van der Waals surface area contributed by atoms with Gasteiger partial charge in [-0.2, -0.15) is 0 Å². The molecule has 1 aromatic rings. The van der Waals surface area contributed by atoms with E-state index in [1.165, 1.54) is 0 Å². The van der Waals surface area contributed by atoms with Crippen LogP contribution in [-0.4, -0.2) is 8.42 Å². The van der Waals surface area contributed by atoms with E-state index >= 15 is 0 Å². The summed E-state index contributed by atoms with van der Waals surface area (Å²) in [5.74, 6) is -0.193. The molecule has 0 N–H and O–H groups in total. The van der Waals surface area contributed by atoms with Crippen LogP contribution in [0.25, 0.3) is 0 Å². The lowest BCUT2D eigenvalue weighted by Gasteiger charge is -2.22. The molecule has 1 rings (SSSR count).